The molecule has 0 aliphatic rings. The van der Waals surface area contributed by atoms with Crippen LogP contribution in [-0.2, 0) is 13.0 Å². The Kier molecular flexibility index (Phi) is 4.36. The third-order valence-corrected chi connectivity index (χ3v) is 2.16. The summed E-state index contributed by atoms with van der Waals surface area (Å²) >= 11 is 4.18. The molecule has 0 aliphatic carbocycles. The van der Waals surface area contributed by atoms with Crippen LogP contribution < -0.4 is 0 Å². The van der Waals surface area contributed by atoms with E-state index in [2.05, 4.69) is 43.8 Å². The van der Waals surface area contributed by atoms with Crippen molar-refractivity contribution in [1.82, 2.24) is 9.78 Å². The van der Waals surface area contributed by atoms with E-state index in [-0.39, 0.29) is 0 Å². The predicted molar refractivity (Wildman–Crippen MR) is 59.2 cm³/mol. The average Bonchev–Trinajstić information content (AvgIpc) is 2.48. The van der Waals surface area contributed by atoms with Crippen molar-refractivity contribution in [3.8, 4) is 0 Å². The molecule has 0 saturated carbocycles. The van der Waals surface area contributed by atoms with Crippen molar-refractivity contribution in [3.05, 3.63) is 18.0 Å². The van der Waals surface area contributed by atoms with E-state index in [1.54, 1.807) is 0 Å². The fourth-order valence-corrected chi connectivity index (χ4v) is 1.43. The fourth-order valence-electron chi connectivity index (χ4n) is 1.27. The lowest BCUT2D eigenvalue weighted by molar-refractivity contribution is 0.479. The van der Waals surface area contributed by atoms with Crippen LogP contribution in [0.3, 0.4) is 0 Å². The molecule has 0 N–H and O–H groups in total. The molecule has 1 heterocycles. The first-order chi connectivity index (χ1) is 6.22. The highest BCUT2D eigenvalue weighted by Crippen LogP contribution is 2.03. The standard InChI is InChI=1S/C10H18N2S/c1-9(2)8-12-6-5-10(11-12)4-3-7-13/h5-6,9,13H,3-4,7-8H2,1-2H3. The van der Waals surface area contributed by atoms with E-state index >= 15 is 0 Å². The molecule has 0 unspecified atom stereocenters. The van der Waals surface area contributed by atoms with Crippen LogP contribution in [0.5, 0.6) is 0 Å². The maximum atomic E-state index is 4.47. The summed E-state index contributed by atoms with van der Waals surface area (Å²) in [5, 5.41) is 4.47. The highest BCUT2D eigenvalue weighted by Gasteiger charge is 2.00. The lowest BCUT2D eigenvalue weighted by Crippen LogP contribution is -2.05. The van der Waals surface area contributed by atoms with Gasteiger partial charge >= 0.3 is 0 Å². The Balaban J connectivity index is 2.44. The van der Waals surface area contributed by atoms with Gasteiger partial charge in [0.15, 0.2) is 0 Å². The minimum Gasteiger partial charge on any atom is -0.272 e. The summed E-state index contributed by atoms with van der Waals surface area (Å²) in [4.78, 5) is 0. The molecule has 0 fully saturated rings. The van der Waals surface area contributed by atoms with Gasteiger partial charge in [-0.25, -0.2) is 0 Å². The zero-order valence-corrected chi connectivity index (χ0v) is 9.30. The maximum absolute atomic E-state index is 4.47. The summed E-state index contributed by atoms with van der Waals surface area (Å²) in [5.74, 6) is 1.61. The Morgan fingerprint density at radius 3 is 2.92 bits per heavy atom. The normalized spacial score (nSPS) is 11.1. The molecule has 13 heavy (non-hydrogen) atoms. The van der Waals surface area contributed by atoms with Gasteiger partial charge < -0.3 is 0 Å². The van der Waals surface area contributed by atoms with Crippen LogP contribution in [0.4, 0.5) is 0 Å². The van der Waals surface area contributed by atoms with Gasteiger partial charge in [0.25, 0.3) is 0 Å². The number of thiol groups is 1. The zero-order valence-electron chi connectivity index (χ0n) is 8.40. The largest absolute Gasteiger partial charge is 0.272 e. The van der Waals surface area contributed by atoms with Gasteiger partial charge in [-0.2, -0.15) is 17.7 Å². The number of hydrogen-bond acceptors (Lipinski definition) is 2. The van der Waals surface area contributed by atoms with Crippen LogP contribution in [0.25, 0.3) is 0 Å². The van der Waals surface area contributed by atoms with E-state index in [4.69, 9.17) is 0 Å². The summed E-state index contributed by atoms with van der Waals surface area (Å²) in [6, 6.07) is 2.10. The minimum absolute atomic E-state index is 0.664. The molecule has 0 radical (unpaired) electrons. The number of nitrogens with zero attached hydrogens (tertiary/aromatic N) is 2. The first-order valence-electron chi connectivity index (χ1n) is 4.85. The monoisotopic (exact) mass is 198 g/mol. The van der Waals surface area contributed by atoms with Crippen molar-refractivity contribution in [3.63, 3.8) is 0 Å². The molecule has 2 nitrogen and oxygen atoms in total. The molecule has 0 amide bonds. The molecule has 0 spiro atoms. The van der Waals surface area contributed by atoms with Crippen LogP contribution in [0.1, 0.15) is 26.0 Å². The van der Waals surface area contributed by atoms with E-state index in [9.17, 15) is 0 Å². The molecule has 3 heteroatoms. The lowest BCUT2D eigenvalue weighted by Gasteiger charge is -2.03. The van der Waals surface area contributed by atoms with Crippen molar-refractivity contribution in [2.24, 2.45) is 5.92 Å². The van der Waals surface area contributed by atoms with Crippen molar-refractivity contribution in [1.29, 1.82) is 0 Å². The van der Waals surface area contributed by atoms with Crippen molar-refractivity contribution >= 4 is 12.6 Å². The highest BCUT2D eigenvalue weighted by atomic mass is 32.1. The first-order valence-corrected chi connectivity index (χ1v) is 5.49. The maximum Gasteiger partial charge on any atom is 0.0624 e. The molecule has 0 atom stereocenters. The quantitative estimate of drug-likeness (QED) is 0.719. The lowest BCUT2D eigenvalue weighted by atomic mass is 10.2. The van der Waals surface area contributed by atoms with E-state index in [0.717, 1.165) is 25.1 Å². The number of rotatable bonds is 5. The summed E-state index contributed by atoms with van der Waals surface area (Å²) in [5.41, 5.74) is 1.19. The smallest absolute Gasteiger partial charge is 0.0624 e. The third kappa shape index (κ3) is 3.85. The van der Waals surface area contributed by atoms with Gasteiger partial charge in [0.2, 0.25) is 0 Å². The van der Waals surface area contributed by atoms with Gasteiger partial charge in [0, 0.05) is 12.7 Å². The van der Waals surface area contributed by atoms with E-state index < -0.39 is 0 Å². The summed E-state index contributed by atoms with van der Waals surface area (Å²) in [6.45, 7) is 5.42. The zero-order chi connectivity index (χ0) is 9.68. The molecule has 0 aliphatic heterocycles. The number of hydrogen-bond donors (Lipinski definition) is 1. The topological polar surface area (TPSA) is 17.8 Å². The fraction of sp³-hybridized carbons (Fsp3) is 0.700. The molecule has 1 rings (SSSR count). The SMILES string of the molecule is CC(C)Cn1ccc(CCCS)n1. The molecule has 1 aromatic rings. The van der Waals surface area contributed by atoms with E-state index in [1.165, 1.54) is 5.69 Å². The number of aryl methyl sites for hydroxylation is 1. The number of aromatic nitrogens is 2. The molecule has 1 aromatic heterocycles. The Bertz CT molecular complexity index is 243. The van der Waals surface area contributed by atoms with Gasteiger partial charge in [0.05, 0.1) is 5.69 Å². The summed E-state index contributed by atoms with van der Waals surface area (Å²) < 4.78 is 2.03. The van der Waals surface area contributed by atoms with Crippen LogP contribution in [0.15, 0.2) is 12.3 Å². The second-order valence-electron chi connectivity index (χ2n) is 3.75. The second-order valence-corrected chi connectivity index (χ2v) is 4.20. The van der Waals surface area contributed by atoms with Crippen LogP contribution in [0.2, 0.25) is 0 Å². The summed E-state index contributed by atoms with van der Waals surface area (Å²) in [6.07, 6.45) is 4.23. The van der Waals surface area contributed by atoms with Gasteiger partial charge in [-0.15, -0.1) is 0 Å². The average molecular weight is 198 g/mol. The van der Waals surface area contributed by atoms with Gasteiger partial charge in [0.1, 0.15) is 0 Å². The molecule has 74 valence electrons. The third-order valence-electron chi connectivity index (χ3n) is 1.84. The van der Waals surface area contributed by atoms with Crippen LogP contribution in [-0.4, -0.2) is 15.5 Å². The van der Waals surface area contributed by atoms with Gasteiger partial charge in [-0.05, 0) is 30.6 Å². The Hall–Kier alpha value is -0.440. The molecular weight excluding hydrogens is 180 g/mol. The first kappa shape index (κ1) is 10.6. The molecule has 0 saturated heterocycles. The predicted octanol–water partition coefficient (Wildman–Crippen LogP) is 2.40. The van der Waals surface area contributed by atoms with Crippen molar-refractivity contribution < 1.29 is 0 Å². The van der Waals surface area contributed by atoms with Gasteiger partial charge in [-0.1, -0.05) is 13.8 Å². The summed E-state index contributed by atoms with van der Waals surface area (Å²) in [7, 11) is 0. The Morgan fingerprint density at radius 1 is 1.54 bits per heavy atom. The molecule has 0 aromatic carbocycles. The minimum atomic E-state index is 0.664. The molecule has 0 bridgehead atoms. The van der Waals surface area contributed by atoms with Crippen LogP contribution in [0, 0.1) is 5.92 Å². The van der Waals surface area contributed by atoms with E-state index in [1.807, 2.05) is 4.68 Å². The van der Waals surface area contributed by atoms with Gasteiger partial charge in [-0.3, -0.25) is 4.68 Å². The molecular formula is C10H18N2S. The Morgan fingerprint density at radius 2 is 2.31 bits per heavy atom. The highest BCUT2D eigenvalue weighted by molar-refractivity contribution is 7.80. The second kappa shape index (κ2) is 5.32. The van der Waals surface area contributed by atoms with E-state index in [0.29, 0.717) is 5.92 Å². The van der Waals surface area contributed by atoms with Crippen LogP contribution >= 0.6 is 12.6 Å². The van der Waals surface area contributed by atoms with Crippen molar-refractivity contribution in [2.45, 2.75) is 33.2 Å². The van der Waals surface area contributed by atoms with Crippen molar-refractivity contribution in [2.75, 3.05) is 5.75 Å². The Labute approximate surface area is 85.7 Å².